The summed E-state index contributed by atoms with van der Waals surface area (Å²) in [5.74, 6) is 1.34. The van der Waals surface area contributed by atoms with Gasteiger partial charge in [0.1, 0.15) is 11.5 Å². The van der Waals surface area contributed by atoms with Crippen molar-refractivity contribution in [3.05, 3.63) is 23.8 Å². The lowest BCUT2D eigenvalue weighted by atomic mass is 9.92. The van der Waals surface area contributed by atoms with Crippen LogP contribution in [0.2, 0.25) is 0 Å². The minimum Gasteiger partial charge on any atom is -0.497 e. The maximum atomic E-state index is 10.4. The Hall–Kier alpha value is -1.26. The number of hydrogen-bond acceptors (Lipinski definition) is 4. The van der Waals surface area contributed by atoms with E-state index in [2.05, 4.69) is 0 Å². The third-order valence-corrected chi connectivity index (χ3v) is 2.78. The molecule has 0 aliphatic rings. The molecule has 0 bridgehead atoms. The van der Waals surface area contributed by atoms with Crippen molar-refractivity contribution < 1.29 is 19.3 Å². The highest BCUT2D eigenvalue weighted by Gasteiger charge is 2.27. The SMILES string of the molecule is COCCC(C)(O)c1cc(OC)ccc1OC. The lowest BCUT2D eigenvalue weighted by Crippen LogP contribution is -2.24. The molecule has 0 aromatic heterocycles. The van der Waals surface area contributed by atoms with Gasteiger partial charge in [0, 0.05) is 25.7 Å². The summed E-state index contributed by atoms with van der Waals surface area (Å²) in [5.41, 5.74) is -0.299. The first kappa shape index (κ1) is 13.8. The van der Waals surface area contributed by atoms with Crippen LogP contribution in [-0.2, 0) is 10.3 Å². The summed E-state index contributed by atoms with van der Waals surface area (Å²) in [4.78, 5) is 0. The van der Waals surface area contributed by atoms with Crippen LogP contribution in [0.4, 0.5) is 0 Å². The van der Waals surface area contributed by atoms with Crippen LogP contribution in [0.5, 0.6) is 11.5 Å². The van der Waals surface area contributed by atoms with E-state index in [0.29, 0.717) is 30.1 Å². The molecule has 0 aliphatic carbocycles. The zero-order valence-electron chi connectivity index (χ0n) is 10.8. The van der Waals surface area contributed by atoms with Crippen molar-refractivity contribution in [2.75, 3.05) is 27.9 Å². The molecule has 1 aromatic rings. The van der Waals surface area contributed by atoms with Gasteiger partial charge in [-0.05, 0) is 25.1 Å². The lowest BCUT2D eigenvalue weighted by Gasteiger charge is -2.25. The van der Waals surface area contributed by atoms with E-state index in [0.717, 1.165) is 0 Å². The smallest absolute Gasteiger partial charge is 0.125 e. The Morgan fingerprint density at radius 1 is 1.18 bits per heavy atom. The van der Waals surface area contributed by atoms with Gasteiger partial charge in [-0.3, -0.25) is 0 Å². The van der Waals surface area contributed by atoms with Crippen molar-refractivity contribution >= 4 is 0 Å². The highest BCUT2D eigenvalue weighted by molar-refractivity contribution is 5.43. The molecule has 0 saturated heterocycles. The zero-order chi connectivity index (χ0) is 12.9. The van der Waals surface area contributed by atoms with Crippen molar-refractivity contribution in [3.63, 3.8) is 0 Å². The molecule has 0 aliphatic heterocycles. The molecule has 0 amide bonds. The molecule has 17 heavy (non-hydrogen) atoms. The molecule has 0 spiro atoms. The Bertz CT molecular complexity index is 360. The number of ether oxygens (including phenoxy) is 3. The maximum absolute atomic E-state index is 10.4. The predicted molar refractivity (Wildman–Crippen MR) is 65.6 cm³/mol. The van der Waals surface area contributed by atoms with Gasteiger partial charge in [0.15, 0.2) is 0 Å². The molecule has 1 atom stereocenters. The second kappa shape index (κ2) is 5.89. The van der Waals surface area contributed by atoms with Crippen LogP contribution in [0.1, 0.15) is 18.9 Å². The first-order chi connectivity index (χ1) is 8.05. The average Bonchev–Trinajstić information content (AvgIpc) is 2.35. The zero-order valence-corrected chi connectivity index (χ0v) is 10.8. The van der Waals surface area contributed by atoms with E-state index in [-0.39, 0.29) is 0 Å². The third kappa shape index (κ3) is 3.35. The Morgan fingerprint density at radius 3 is 2.41 bits per heavy atom. The number of aliphatic hydroxyl groups is 1. The molecular weight excluding hydrogens is 220 g/mol. The molecule has 0 saturated carbocycles. The largest absolute Gasteiger partial charge is 0.497 e. The van der Waals surface area contributed by atoms with E-state index in [1.165, 1.54) is 0 Å². The molecule has 4 heteroatoms. The molecule has 96 valence electrons. The predicted octanol–water partition coefficient (Wildman–Crippen LogP) is 1.95. The average molecular weight is 240 g/mol. The summed E-state index contributed by atoms with van der Waals surface area (Å²) < 4.78 is 15.4. The standard InChI is InChI=1S/C13H20O4/c1-13(14,7-8-15-2)11-9-10(16-3)5-6-12(11)17-4/h5-6,9,14H,7-8H2,1-4H3. The fourth-order valence-corrected chi connectivity index (χ4v) is 1.67. The van der Waals surface area contributed by atoms with Gasteiger partial charge < -0.3 is 19.3 Å². The first-order valence-electron chi connectivity index (χ1n) is 5.49. The van der Waals surface area contributed by atoms with Crippen LogP contribution in [0.15, 0.2) is 18.2 Å². The normalized spacial score (nSPS) is 14.2. The van der Waals surface area contributed by atoms with Crippen LogP contribution in [0.3, 0.4) is 0 Å². The highest BCUT2D eigenvalue weighted by Crippen LogP contribution is 2.35. The van der Waals surface area contributed by atoms with E-state index in [9.17, 15) is 5.11 Å². The summed E-state index contributed by atoms with van der Waals surface area (Å²) in [5, 5.41) is 10.4. The lowest BCUT2D eigenvalue weighted by molar-refractivity contribution is 0.0190. The van der Waals surface area contributed by atoms with Crippen molar-refractivity contribution in [1.82, 2.24) is 0 Å². The Balaban J connectivity index is 3.07. The van der Waals surface area contributed by atoms with Gasteiger partial charge >= 0.3 is 0 Å². The quantitative estimate of drug-likeness (QED) is 0.825. The first-order valence-corrected chi connectivity index (χ1v) is 5.49. The summed E-state index contributed by atoms with van der Waals surface area (Å²) >= 11 is 0. The van der Waals surface area contributed by atoms with Gasteiger partial charge in [-0.2, -0.15) is 0 Å². The maximum Gasteiger partial charge on any atom is 0.125 e. The van der Waals surface area contributed by atoms with E-state index >= 15 is 0 Å². The molecule has 0 heterocycles. The highest BCUT2D eigenvalue weighted by atomic mass is 16.5. The van der Waals surface area contributed by atoms with E-state index in [4.69, 9.17) is 14.2 Å². The molecule has 1 unspecified atom stereocenters. The molecule has 0 radical (unpaired) electrons. The van der Waals surface area contributed by atoms with Gasteiger partial charge in [0.2, 0.25) is 0 Å². The van der Waals surface area contributed by atoms with Crippen molar-refractivity contribution in [3.8, 4) is 11.5 Å². The monoisotopic (exact) mass is 240 g/mol. The summed E-state index contributed by atoms with van der Waals surface area (Å²) in [7, 11) is 4.78. The van der Waals surface area contributed by atoms with Gasteiger partial charge in [-0.15, -0.1) is 0 Å². The minimum atomic E-state index is -1.00. The van der Waals surface area contributed by atoms with E-state index < -0.39 is 5.60 Å². The second-order valence-corrected chi connectivity index (χ2v) is 4.08. The molecule has 4 nitrogen and oxygen atoms in total. The van der Waals surface area contributed by atoms with E-state index in [1.807, 2.05) is 0 Å². The fraction of sp³-hybridized carbons (Fsp3) is 0.538. The molecule has 0 fully saturated rings. The van der Waals surface area contributed by atoms with Crippen molar-refractivity contribution in [1.29, 1.82) is 0 Å². The number of hydrogen-bond donors (Lipinski definition) is 1. The minimum absolute atomic E-state index is 0.480. The Labute approximate surface area is 102 Å². The Morgan fingerprint density at radius 2 is 1.88 bits per heavy atom. The second-order valence-electron chi connectivity index (χ2n) is 4.08. The van der Waals surface area contributed by atoms with Crippen LogP contribution >= 0.6 is 0 Å². The van der Waals surface area contributed by atoms with Gasteiger partial charge in [-0.25, -0.2) is 0 Å². The van der Waals surface area contributed by atoms with Gasteiger partial charge in [-0.1, -0.05) is 0 Å². The van der Waals surface area contributed by atoms with Crippen LogP contribution < -0.4 is 9.47 Å². The van der Waals surface area contributed by atoms with Crippen molar-refractivity contribution in [2.45, 2.75) is 18.9 Å². The summed E-state index contributed by atoms with van der Waals surface area (Å²) in [6.07, 6.45) is 0.493. The van der Waals surface area contributed by atoms with Crippen molar-refractivity contribution in [2.24, 2.45) is 0 Å². The topological polar surface area (TPSA) is 47.9 Å². The molecule has 1 rings (SSSR count). The van der Waals surface area contributed by atoms with Crippen LogP contribution in [0.25, 0.3) is 0 Å². The number of rotatable bonds is 6. The Kier molecular flexibility index (Phi) is 4.78. The van der Waals surface area contributed by atoms with Crippen LogP contribution in [-0.4, -0.2) is 33.0 Å². The molecular formula is C13H20O4. The summed E-state index contributed by atoms with van der Waals surface area (Å²) in [6.45, 7) is 2.22. The third-order valence-electron chi connectivity index (χ3n) is 2.78. The molecule has 1 aromatic carbocycles. The van der Waals surface area contributed by atoms with Gasteiger partial charge in [0.05, 0.1) is 19.8 Å². The van der Waals surface area contributed by atoms with Gasteiger partial charge in [0.25, 0.3) is 0 Å². The number of methoxy groups -OCH3 is 3. The summed E-state index contributed by atoms with van der Waals surface area (Å²) in [6, 6.07) is 5.37. The number of benzene rings is 1. The van der Waals surface area contributed by atoms with E-state index in [1.54, 1.807) is 46.5 Å². The molecule has 1 N–H and O–H groups in total. The fourth-order valence-electron chi connectivity index (χ4n) is 1.67. The van der Waals surface area contributed by atoms with Crippen LogP contribution in [0, 0.1) is 0 Å².